The SMILES string of the molecule is COc1ccc(C(=O)N2CCN(C(=O)C3CCCNC3)CC2)c(OC)c1.Cl. The zero-order valence-corrected chi connectivity index (χ0v) is 16.7. The number of hydrogen-bond donors (Lipinski definition) is 1. The summed E-state index contributed by atoms with van der Waals surface area (Å²) in [7, 11) is 3.12. The lowest BCUT2D eigenvalue weighted by molar-refractivity contribution is -0.137. The molecule has 0 bridgehead atoms. The van der Waals surface area contributed by atoms with Gasteiger partial charge in [0.25, 0.3) is 5.91 Å². The van der Waals surface area contributed by atoms with Crippen molar-refractivity contribution in [2.75, 3.05) is 53.5 Å². The van der Waals surface area contributed by atoms with Gasteiger partial charge in [0.15, 0.2) is 0 Å². The number of rotatable bonds is 4. The first-order valence-electron chi connectivity index (χ1n) is 9.15. The third kappa shape index (κ3) is 4.84. The van der Waals surface area contributed by atoms with Gasteiger partial charge in [-0.1, -0.05) is 0 Å². The van der Waals surface area contributed by atoms with Crippen molar-refractivity contribution in [3.05, 3.63) is 23.8 Å². The third-order valence-electron chi connectivity index (χ3n) is 5.16. The van der Waals surface area contributed by atoms with Crippen molar-refractivity contribution < 1.29 is 19.1 Å². The lowest BCUT2D eigenvalue weighted by Gasteiger charge is -2.37. The molecule has 3 rings (SSSR count). The summed E-state index contributed by atoms with van der Waals surface area (Å²) in [5.41, 5.74) is 0.518. The molecule has 2 saturated heterocycles. The van der Waals surface area contributed by atoms with Crippen molar-refractivity contribution >= 4 is 24.2 Å². The van der Waals surface area contributed by atoms with Crippen molar-refractivity contribution in [1.82, 2.24) is 15.1 Å². The van der Waals surface area contributed by atoms with E-state index in [0.29, 0.717) is 43.2 Å². The summed E-state index contributed by atoms with van der Waals surface area (Å²) in [6.45, 7) is 4.01. The van der Waals surface area contributed by atoms with Crippen molar-refractivity contribution in [3.63, 3.8) is 0 Å². The van der Waals surface area contributed by atoms with Gasteiger partial charge in [0, 0.05) is 38.8 Å². The first-order chi connectivity index (χ1) is 12.6. The molecule has 1 unspecified atom stereocenters. The third-order valence-corrected chi connectivity index (χ3v) is 5.16. The molecule has 1 aromatic carbocycles. The Morgan fingerprint density at radius 2 is 1.78 bits per heavy atom. The van der Waals surface area contributed by atoms with Gasteiger partial charge in [-0.25, -0.2) is 0 Å². The van der Waals surface area contributed by atoms with Gasteiger partial charge in [-0.3, -0.25) is 9.59 Å². The highest BCUT2D eigenvalue weighted by atomic mass is 35.5. The van der Waals surface area contributed by atoms with Crippen LogP contribution in [-0.4, -0.2) is 75.1 Å². The molecule has 1 atom stereocenters. The van der Waals surface area contributed by atoms with Crippen LogP contribution in [0.15, 0.2) is 18.2 Å². The van der Waals surface area contributed by atoms with Crippen LogP contribution in [0.25, 0.3) is 0 Å². The summed E-state index contributed by atoms with van der Waals surface area (Å²) in [4.78, 5) is 29.1. The number of carbonyl (C=O) groups is 2. The molecule has 0 spiro atoms. The Morgan fingerprint density at radius 1 is 1.07 bits per heavy atom. The molecule has 8 heteroatoms. The van der Waals surface area contributed by atoms with Crippen LogP contribution in [0.2, 0.25) is 0 Å². The zero-order chi connectivity index (χ0) is 18.5. The van der Waals surface area contributed by atoms with E-state index in [1.165, 1.54) is 0 Å². The molecule has 150 valence electrons. The topological polar surface area (TPSA) is 71.1 Å². The second-order valence-corrected chi connectivity index (χ2v) is 6.73. The minimum Gasteiger partial charge on any atom is -0.497 e. The number of nitrogens with one attached hydrogen (secondary N) is 1. The van der Waals surface area contributed by atoms with E-state index in [1.54, 1.807) is 37.3 Å². The van der Waals surface area contributed by atoms with Gasteiger partial charge < -0.3 is 24.6 Å². The van der Waals surface area contributed by atoms with E-state index in [4.69, 9.17) is 9.47 Å². The fourth-order valence-electron chi connectivity index (χ4n) is 3.60. The molecule has 2 aliphatic rings. The van der Waals surface area contributed by atoms with Crippen LogP contribution in [-0.2, 0) is 4.79 Å². The average Bonchev–Trinajstić information content (AvgIpc) is 2.73. The fourth-order valence-corrected chi connectivity index (χ4v) is 3.60. The van der Waals surface area contributed by atoms with Crippen molar-refractivity contribution in [2.24, 2.45) is 5.92 Å². The number of piperazine rings is 1. The highest BCUT2D eigenvalue weighted by molar-refractivity contribution is 5.97. The summed E-state index contributed by atoms with van der Waals surface area (Å²) < 4.78 is 10.5. The number of hydrogen-bond acceptors (Lipinski definition) is 5. The van der Waals surface area contributed by atoms with Gasteiger partial charge >= 0.3 is 0 Å². The number of nitrogens with zero attached hydrogens (tertiary/aromatic N) is 2. The van der Waals surface area contributed by atoms with Gasteiger partial charge in [0.1, 0.15) is 11.5 Å². The highest BCUT2D eigenvalue weighted by Gasteiger charge is 2.30. The molecule has 1 N–H and O–H groups in total. The highest BCUT2D eigenvalue weighted by Crippen LogP contribution is 2.26. The molecule has 7 nitrogen and oxygen atoms in total. The Bertz CT molecular complexity index is 656. The Balaban J connectivity index is 0.00000261. The van der Waals surface area contributed by atoms with Gasteiger partial charge in [0.05, 0.1) is 25.7 Å². The predicted octanol–water partition coefficient (Wildman–Crippen LogP) is 1.41. The second-order valence-electron chi connectivity index (χ2n) is 6.73. The van der Waals surface area contributed by atoms with Gasteiger partial charge in [-0.2, -0.15) is 0 Å². The molecule has 0 radical (unpaired) electrons. The van der Waals surface area contributed by atoms with Gasteiger partial charge in [0.2, 0.25) is 5.91 Å². The molecular weight excluding hydrogens is 370 g/mol. The predicted molar refractivity (Wildman–Crippen MR) is 105 cm³/mol. The Morgan fingerprint density at radius 3 is 2.37 bits per heavy atom. The number of piperidine rings is 1. The number of carbonyl (C=O) groups excluding carboxylic acids is 2. The van der Waals surface area contributed by atoms with E-state index in [9.17, 15) is 9.59 Å². The number of halogens is 1. The molecular formula is C19H28ClN3O4. The minimum absolute atomic E-state index is 0. The summed E-state index contributed by atoms with van der Waals surface area (Å²) in [6, 6.07) is 5.19. The number of benzene rings is 1. The van der Waals surface area contributed by atoms with Crippen LogP contribution >= 0.6 is 12.4 Å². The molecule has 2 heterocycles. The number of methoxy groups -OCH3 is 2. The normalized spacial score (nSPS) is 19.9. The van der Waals surface area contributed by atoms with Crippen LogP contribution < -0.4 is 14.8 Å². The quantitative estimate of drug-likeness (QED) is 0.831. The Hall–Kier alpha value is -1.99. The zero-order valence-electron chi connectivity index (χ0n) is 15.9. The van der Waals surface area contributed by atoms with Crippen molar-refractivity contribution in [2.45, 2.75) is 12.8 Å². The Kier molecular flexibility index (Phi) is 7.74. The first kappa shape index (κ1) is 21.3. The van der Waals surface area contributed by atoms with E-state index in [2.05, 4.69) is 5.32 Å². The van der Waals surface area contributed by atoms with Crippen LogP contribution in [0.4, 0.5) is 0 Å². The van der Waals surface area contributed by atoms with E-state index in [0.717, 1.165) is 25.9 Å². The standard InChI is InChI=1S/C19H27N3O4.ClH/c1-25-15-5-6-16(17(12-15)26-2)19(24)22-10-8-21(9-11-22)18(23)14-4-3-7-20-13-14;/h5-6,12,14,20H,3-4,7-11,13H2,1-2H3;1H. The average molecular weight is 398 g/mol. The Labute approximate surface area is 166 Å². The van der Waals surface area contributed by atoms with Crippen LogP contribution in [0.3, 0.4) is 0 Å². The fraction of sp³-hybridized carbons (Fsp3) is 0.579. The number of amides is 2. The van der Waals surface area contributed by atoms with Crippen molar-refractivity contribution in [1.29, 1.82) is 0 Å². The molecule has 2 aliphatic heterocycles. The molecule has 2 amide bonds. The maximum atomic E-state index is 12.8. The van der Waals surface area contributed by atoms with Crippen LogP contribution in [0.1, 0.15) is 23.2 Å². The maximum absolute atomic E-state index is 12.8. The largest absolute Gasteiger partial charge is 0.497 e. The van der Waals surface area contributed by atoms with Crippen LogP contribution in [0.5, 0.6) is 11.5 Å². The van der Waals surface area contributed by atoms with E-state index < -0.39 is 0 Å². The smallest absolute Gasteiger partial charge is 0.257 e. The molecule has 2 fully saturated rings. The lowest BCUT2D eigenvalue weighted by Crippen LogP contribution is -2.53. The lowest BCUT2D eigenvalue weighted by atomic mass is 9.98. The molecule has 0 saturated carbocycles. The summed E-state index contributed by atoms with van der Waals surface area (Å²) in [5.74, 6) is 1.37. The van der Waals surface area contributed by atoms with Crippen molar-refractivity contribution in [3.8, 4) is 11.5 Å². The monoisotopic (exact) mass is 397 g/mol. The maximum Gasteiger partial charge on any atom is 0.257 e. The number of ether oxygens (including phenoxy) is 2. The van der Waals surface area contributed by atoms with E-state index >= 15 is 0 Å². The molecule has 27 heavy (non-hydrogen) atoms. The molecule has 1 aromatic rings. The first-order valence-corrected chi connectivity index (χ1v) is 9.15. The second kappa shape index (κ2) is 9.80. The summed E-state index contributed by atoms with van der Waals surface area (Å²) >= 11 is 0. The molecule has 0 aliphatic carbocycles. The van der Waals surface area contributed by atoms with Gasteiger partial charge in [-0.05, 0) is 31.5 Å². The summed E-state index contributed by atoms with van der Waals surface area (Å²) in [6.07, 6.45) is 2.00. The summed E-state index contributed by atoms with van der Waals surface area (Å²) in [5, 5.41) is 3.29. The van der Waals surface area contributed by atoms with Crippen LogP contribution in [0, 0.1) is 5.92 Å². The van der Waals surface area contributed by atoms with E-state index in [-0.39, 0.29) is 30.1 Å². The van der Waals surface area contributed by atoms with Gasteiger partial charge in [-0.15, -0.1) is 12.4 Å². The minimum atomic E-state index is -0.0732. The van der Waals surface area contributed by atoms with E-state index in [1.807, 2.05) is 4.90 Å². The molecule has 0 aromatic heterocycles.